The van der Waals surface area contributed by atoms with Gasteiger partial charge in [-0.1, -0.05) is 30.3 Å². The highest BCUT2D eigenvalue weighted by atomic mass is 15.3. The molecule has 4 nitrogen and oxygen atoms in total. The predicted octanol–water partition coefficient (Wildman–Crippen LogP) is 1.94. The largest absolute Gasteiger partial charge is 0.384 e. The van der Waals surface area contributed by atoms with Gasteiger partial charge in [-0.15, -0.1) is 0 Å². The molecule has 0 spiro atoms. The van der Waals surface area contributed by atoms with Crippen LogP contribution in [0.15, 0.2) is 30.3 Å². The van der Waals surface area contributed by atoms with Gasteiger partial charge in [-0.05, 0) is 19.5 Å². The summed E-state index contributed by atoms with van der Waals surface area (Å²) in [6.45, 7) is 3.73. The highest BCUT2D eigenvalue weighted by Gasteiger charge is 2.12. The fourth-order valence-electron chi connectivity index (χ4n) is 2.14. The first-order chi connectivity index (χ1) is 8.58. The van der Waals surface area contributed by atoms with Crippen molar-refractivity contribution in [1.29, 1.82) is 0 Å². The first kappa shape index (κ1) is 12.6. The standard InChI is InChI=1S/C14H20N4/c1-11-13(14(15)18(3)16-11)10-17(2)9-12-7-5-4-6-8-12/h4-8H,9-10,15H2,1-3H3. The molecule has 2 N–H and O–H groups in total. The number of nitrogen functional groups attached to an aromatic ring is 1. The van der Waals surface area contributed by atoms with E-state index in [1.54, 1.807) is 4.68 Å². The second-order valence-corrected chi connectivity index (χ2v) is 4.73. The van der Waals surface area contributed by atoms with Crippen LogP contribution >= 0.6 is 0 Å². The summed E-state index contributed by atoms with van der Waals surface area (Å²) in [5, 5.41) is 4.34. The average Bonchev–Trinajstić information content (AvgIpc) is 2.57. The van der Waals surface area contributed by atoms with Gasteiger partial charge in [0.2, 0.25) is 0 Å². The van der Waals surface area contributed by atoms with Crippen molar-refractivity contribution < 1.29 is 0 Å². The van der Waals surface area contributed by atoms with Crippen LogP contribution in [0.4, 0.5) is 5.82 Å². The van der Waals surface area contributed by atoms with Crippen LogP contribution in [-0.4, -0.2) is 21.7 Å². The van der Waals surface area contributed by atoms with Gasteiger partial charge in [0, 0.05) is 25.7 Å². The Kier molecular flexibility index (Phi) is 3.67. The first-order valence-electron chi connectivity index (χ1n) is 6.08. The zero-order valence-electron chi connectivity index (χ0n) is 11.2. The molecule has 2 aromatic rings. The van der Waals surface area contributed by atoms with Crippen LogP contribution in [0.3, 0.4) is 0 Å². The number of aryl methyl sites for hydroxylation is 2. The molecule has 1 aromatic heterocycles. The lowest BCUT2D eigenvalue weighted by Gasteiger charge is -2.16. The van der Waals surface area contributed by atoms with E-state index in [2.05, 4.69) is 41.3 Å². The molecule has 18 heavy (non-hydrogen) atoms. The maximum atomic E-state index is 6.02. The zero-order valence-corrected chi connectivity index (χ0v) is 11.2. The molecule has 96 valence electrons. The molecule has 0 fully saturated rings. The average molecular weight is 244 g/mol. The molecular weight excluding hydrogens is 224 g/mol. The monoisotopic (exact) mass is 244 g/mol. The fraction of sp³-hybridized carbons (Fsp3) is 0.357. The van der Waals surface area contributed by atoms with Crippen molar-refractivity contribution in [2.24, 2.45) is 7.05 Å². The highest BCUT2D eigenvalue weighted by Crippen LogP contribution is 2.17. The molecule has 0 bridgehead atoms. The molecule has 0 unspecified atom stereocenters. The number of benzene rings is 1. The molecule has 0 amide bonds. The maximum Gasteiger partial charge on any atom is 0.126 e. The van der Waals surface area contributed by atoms with Gasteiger partial charge in [0.25, 0.3) is 0 Å². The Morgan fingerprint density at radius 3 is 2.44 bits per heavy atom. The Hall–Kier alpha value is -1.81. The number of rotatable bonds is 4. The molecule has 0 aliphatic heterocycles. The topological polar surface area (TPSA) is 47.1 Å². The summed E-state index contributed by atoms with van der Waals surface area (Å²) in [6.07, 6.45) is 0. The Morgan fingerprint density at radius 2 is 1.89 bits per heavy atom. The molecule has 0 radical (unpaired) electrons. The van der Waals surface area contributed by atoms with E-state index in [9.17, 15) is 0 Å². The van der Waals surface area contributed by atoms with E-state index in [4.69, 9.17) is 5.73 Å². The van der Waals surface area contributed by atoms with Crippen molar-refractivity contribution >= 4 is 5.82 Å². The second kappa shape index (κ2) is 5.23. The molecule has 0 aliphatic carbocycles. The lowest BCUT2D eigenvalue weighted by molar-refractivity contribution is 0.319. The minimum atomic E-state index is 0.757. The van der Waals surface area contributed by atoms with E-state index in [-0.39, 0.29) is 0 Å². The Labute approximate surface area is 108 Å². The van der Waals surface area contributed by atoms with Crippen molar-refractivity contribution in [2.45, 2.75) is 20.0 Å². The van der Waals surface area contributed by atoms with Crippen molar-refractivity contribution in [3.05, 3.63) is 47.2 Å². The van der Waals surface area contributed by atoms with E-state index in [1.807, 2.05) is 20.0 Å². The zero-order chi connectivity index (χ0) is 13.1. The summed E-state index contributed by atoms with van der Waals surface area (Å²) in [5.41, 5.74) is 9.45. The number of anilines is 1. The molecule has 0 aliphatic rings. The van der Waals surface area contributed by atoms with Gasteiger partial charge in [-0.25, -0.2) is 0 Å². The van der Waals surface area contributed by atoms with Gasteiger partial charge in [-0.2, -0.15) is 5.10 Å². The van der Waals surface area contributed by atoms with Crippen LogP contribution in [0, 0.1) is 6.92 Å². The second-order valence-electron chi connectivity index (χ2n) is 4.73. The van der Waals surface area contributed by atoms with Crippen molar-refractivity contribution in [3.8, 4) is 0 Å². The molecule has 0 atom stereocenters. The lowest BCUT2D eigenvalue weighted by atomic mass is 10.2. The Balaban J connectivity index is 2.05. The van der Waals surface area contributed by atoms with Gasteiger partial charge in [-0.3, -0.25) is 9.58 Å². The predicted molar refractivity (Wildman–Crippen MR) is 74.0 cm³/mol. The van der Waals surface area contributed by atoms with E-state index in [0.29, 0.717) is 0 Å². The van der Waals surface area contributed by atoms with Gasteiger partial charge in [0.05, 0.1) is 5.69 Å². The minimum absolute atomic E-state index is 0.757. The molecule has 1 aromatic carbocycles. The van der Waals surface area contributed by atoms with Crippen LogP contribution in [0.2, 0.25) is 0 Å². The Bertz CT molecular complexity index is 516. The van der Waals surface area contributed by atoms with Crippen LogP contribution in [0.1, 0.15) is 16.8 Å². The number of hydrogen-bond donors (Lipinski definition) is 1. The normalized spacial score (nSPS) is 11.1. The van der Waals surface area contributed by atoms with Crippen molar-refractivity contribution in [3.63, 3.8) is 0 Å². The highest BCUT2D eigenvalue weighted by molar-refractivity contribution is 5.42. The summed E-state index contributed by atoms with van der Waals surface area (Å²) in [4.78, 5) is 2.25. The molecule has 1 heterocycles. The number of aromatic nitrogens is 2. The van der Waals surface area contributed by atoms with E-state index < -0.39 is 0 Å². The number of hydrogen-bond acceptors (Lipinski definition) is 3. The maximum absolute atomic E-state index is 6.02. The SMILES string of the molecule is Cc1nn(C)c(N)c1CN(C)Cc1ccccc1. The van der Waals surface area contributed by atoms with Crippen molar-refractivity contribution in [1.82, 2.24) is 14.7 Å². The minimum Gasteiger partial charge on any atom is -0.384 e. The molecule has 0 saturated heterocycles. The lowest BCUT2D eigenvalue weighted by Crippen LogP contribution is -2.18. The molecular formula is C14H20N4. The van der Waals surface area contributed by atoms with Gasteiger partial charge in [0.15, 0.2) is 0 Å². The van der Waals surface area contributed by atoms with Gasteiger partial charge >= 0.3 is 0 Å². The summed E-state index contributed by atoms with van der Waals surface area (Å²) in [6, 6.07) is 10.4. The molecule has 2 rings (SSSR count). The third-order valence-corrected chi connectivity index (χ3v) is 3.12. The fourth-order valence-corrected chi connectivity index (χ4v) is 2.14. The summed E-state index contributed by atoms with van der Waals surface area (Å²) >= 11 is 0. The first-order valence-corrected chi connectivity index (χ1v) is 6.08. The van der Waals surface area contributed by atoms with Crippen LogP contribution < -0.4 is 5.73 Å². The van der Waals surface area contributed by atoms with E-state index in [0.717, 1.165) is 30.2 Å². The summed E-state index contributed by atoms with van der Waals surface area (Å²) < 4.78 is 1.74. The third kappa shape index (κ3) is 2.71. The molecule has 4 heteroatoms. The van der Waals surface area contributed by atoms with Crippen LogP contribution in [0.25, 0.3) is 0 Å². The number of nitrogens with zero attached hydrogens (tertiary/aromatic N) is 3. The van der Waals surface area contributed by atoms with Gasteiger partial charge < -0.3 is 5.73 Å². The summed E-state index contributed by atoms with van der Waals surface area (Å²) in [5.74, 6) is 0.757. The van der Waals surface area contributed by atoms with E-state index in [1.165, 1.54) is 5.56 Å². The third-order valence-electron chi connectivity index (χ3n) is 3.12. The molecule has 0 saturated carbocycles. The quantitative estimate of drug-likeness (QED) is 0.894. The Morgan fingerprint density at radius 1 is 1.22 bits per heavy atom. The summed E-state index contributed by atoms with van der Waals surface area (Å²) in [7, 11) is 3.97. The van der Waals surface area contributed by atoms with Crippen LogP contribution in [0.5, 0.6) is 0 Å². The van der Waals surface area contributed by atoms with Gasteiger partial charge in [0.1, 0.15) is 5.82 Å². The van der Waals surface area contributed by atoms with E-state index >= 15 is 0 Å². The smallest absolute Gasteiger partial charge is 0.126 e. The van der Waals surface area contributed by atoms with Crippen molar-refractivity contribution in [2.75, 3.05) is 12.8 Å². The number of nitrogens with two attached hydrogens (primary N) is 1. The van der Waals surface area contributed by atoms with Crippen LogP contribution in [-0.2, 0) is 20.1 Å².